The van der Waals surface area contributed by atoms with E-state index in [0.29, 0.717) is 11.3 Å². The molecule has 2 amide bonds. The summed E-state index contributed by atoms with van der Waals surface area (Å²) in [4.78, 5) is 27.6. The van der Waals surface area contributed by atoms with E-state index in [1.54, 1.807) is 12.1 Å². The molecule has 1 heterocycles. The van der Waals surface area contributed by atoms with Crippen LogP contribution < -0.4 is 10.6 Å². The molecule has 2 N–H and O–H groups in total. The minimum atomic E-state index is -1.09. The third kappa shape index (κ3) is 5.85. The fourth-order valence-electron chi connectivity index (χ4n) is 2.21. The molecule has 0 saturated heterocycles. The van der Waals surface area contributed by atoms with E-state index in [4.69, 9.17) is 4.42 Å². The SMILES string of the molecule is O=C(CSc1ncc(-c2ccc(F)cc2)o1)NCC(=O)Nc1ccc(F)c(F)c1. The van der Waals surface area contributed by atoms with Crippen molar-refractivity contribution in [2.45, 2.75) is 5.22 Å². The lowest BCUT2D eigenvalue weighted by Crippen LogP contribution is -2.33. The van der Waals surface area contributed by atoms with Gasteiger partial charge < -0.3 is 15.1 Å². The van der Waals surface area contributed by atoms with Crippen molar-refractivity contribution in [3.05, 3.63) is 66.1 Å². The maximum Gasteiger partial charge on any atom is 0.256 e. The van der Waals surface area contributed by atoms with E-state index in [0.717, 1.165) is 23.9 Å². The lowest BCUT2D eigenvalue weighted by molar-refractivity contribution is -0.122. The Balaban J connectivity index is 1.43. The lowest BCUT2D eigenvalue weighted by atomic mass is 10.2. The summed E-state index contributed by atoms with van der Waals surface area (Å²) in [5.74, 6) is -3.15. The molecule has 0 aliphatic heterocycles. The standard InChI is InChI=1S/C19H14F3N3O3S/c20-12-3-1-11(2-4-12)16-8-24-19(28-16)29-10-18(27)23-9-17(26)25-13-5-6-14(21)15(22)7-13/h1-8H,9-10H2,(H,23,27)(H,25,26). The molecule has 3 rings (SSSR count). The monoisotopic (exact) mass is 421 g/mol. The largest absolute Gasteiger partial charge is 0.431 e. The van der Waals surface area contributed by atoms with E-state index in [9.17, 15) is 22.8 Å². The molecule has 0 saturated carbocycles. The Kier molecular flexibility index (Phi) is 6.55. The molecule has 29 heavy (non-hydrogen) atoms. The quantitative estimate of drug-likeness (QED) is 0.570. The second-order valence-corrected chi connectivity index (χ2v) is 6.67. The summed E-state index contributed by atoms with van der Waals surface area (Å²) in [7, 11) is 0. The summed E-state index contributed by atoms with van der Waals surface area (Å²) in [6, 6.07) is 8.61. The Morgan fingerprint density at radius 3 is 2.48 bits per heavy atom. The summed E-state index contributed by atoms with van der Waals surface area (Å²) < 4.78 is 44.4. The van der Waals surface area contributed by atoms with Crippen molar-refractivity contribution in [1.29, 1.82) is 0 Å². The molecular formula is C19H14F3N3O3S. The number of benzene rings is 2. The summed E-state index contributed by atoms with van der Waals surface area (Å²) in [6.45, 7) is -0.342. The van der Waals surface area contributed by atoms with Crippen LogP contribution in [0.15, 0.2) is 58.3 Å². The van der Waals surface area contributed by atoms with Gasteiger partial charge in [0.25, 0.3) is 5.22 Å². The first kappa shape index (κ1) is 20.5. The smallest absolute Gasteiger partial charge is 0.256 e. The van der Waals surface area contributed by atoms with Gasteiger partial charge in [-0.1, -0.05) is 11.8 Å². The number of nitrogens with zero attached hydrogens (tertiary/aromatic N) is 1. The lowest BCUT2D eigenvalue weighted by Gasteiger charge is -2.07. The first-order chi connectivity index (χ1) is 13.9. The van der Waals surface area contributed by atoms with Crippen LogP contribution in [-0.2, 0) is 9.59 Å². The number of amides is 2. The molecule has 10 heteroatoms. The van der Waals surface area contributed by atoms with E-state index < -0.39 is 23.4 Å². The number of carbonyl (C=O) groups excluding carboxylic acids is 2. The van der Waals surface area contributed by atoms with Gasteiger partial charge in [0.1, 0.15) is 5.82 Å². The third-order valence-corrected chi connectivity index (χ3v) is 4.43. The highest BCUT2D eigenvalue weighted by Crippen LogP contribution is 2.25. The fraction of sp³-hybridized carbons (Fsp3) is 0.105. The number of hydrogen-bond donors (Lipinski definition) is 2. The van der Waals surface area contributed by atoms with Crippen LogP contribution in [0.2, 0.25) is 0 Å². The Bertz CT molecular complexity index is 1030. The Hall–Kier alpha value is -3.27. The van der Waals surface area contributed by atoms with Crippen molar-refractivity contribution in [2.75, 3.05) is 17.6 Å². The zero-order valence-electron chi connectivity index (χ0n) is 14.7. The summed E-state index contributed by atoms with van der Waals surface area (Å²) in [6.07, 6.45) is 1.46. The first-order valence-electron chi connectivity index (χ1n) is 8.27. The van der Waals surface area contributed by atoms with Gasteiger partial charge in [0.2, 0.25) is 11.8 Å². The zero-order valence-corrected chi connectivity index (χ0v) is 15.6. The number of oxazole rings is 1. The summed E-state index contributed by atoms with van der Waals surface area (Å²) in [5.41, 5.74) is 0.717. The second-order valence-electron chi connectivity index (χ2n) is 5.74. The molecular weight excluding hydrogens is 407 g/mol. The number of nitrogens with one attached hydrogen (secondary N) is 2. The van der Waals surface area contributed by atoms with Gasteiger partial charge in [0.05, 0.1) is 18.5 Å². The van der Waals surface area contributed by atoms with E-state index >= 15 is 0 Å². The van der Waals surface area contributed by atoms with Crippen molar-refractivity contribution in [2.24, 2.45) is 0 Å². The van der Waals surface area contributed by atoms with E-state index in [1.165, 1.54) is 24.4 Å². The molecule has 0 aliphatic carbocycles. The van der Waals surface area contributed by atoms with Crippen LogP contribution in [-0.4, -0.2) is 29.1 Å². The Labute approximate surface area is 167 Å². The molecule has 6 nitrogen and oxygen atoms in total. The molecule has 0 spiro atoms. The van der Waals surface area contributed by atoms with Gasteiger partial charge in [-0.05, 0) is 36.4 Å². The van der Waals surface area contributed by atoms with Gasteiger partial charge in [-0.25, -0.2) is 18.2 Å². The summed E-state index contributed by atoms with van der Waals surface area (Å²) in [5, 5.41) is 4.97. The molecule has 1 aromatic heterocycles. The van der Waals surface area contributed by atoms with Crippen molar-refractivity contribution < 1.29 is 27.2 Å². The minimum Gasteiger partial charge on any atom is -0.431 e. The van der Waals surface area contributed by atoms with Crippen LogP contribution in [0.4, 0.5) is 18.9 Å². The second kappa shape index (κ2) is 9.28. The van der Waals surface area contributed by atoms with Gasteiger partial charge >= 0.3 is 0 Å². The van der Waals surface area contributed by atoms with Gasteiger partial charge in [0.15, 0.2) is 17.4 Å². The van der Waals surface area contributed by atoms with Gasteiger partial charge in [-0.15, -0.1) is 0 Å². The predicted octanol–water partition coefficient (Wildman–Crippen LogP) is 3.61. The van der Waals surface area contributed by atoms with Crippen LogP contribution in [0.5, 0.6) is 0 Å². The topological polar surface area (TPSA) is 84.2 Å². The number of aromatic nitrogens is 1. The van der Waals surface area contributed by atoms with Crippen LogP contribution in [0.3, 0.4) is 0 Å². The normalized spacial score (nSPS) is 10.6. The summed E-state index contributed by atoms with van der Waals surface area (Å²) >= 11 is 1.02. The van der Waals surface area contributed by atoms with Crippen LogP contribution in [0.1, 0.15) is 0 Å². The van der Waals surface area contributed by atoms with E-state index in [1.807, 2.05) is 0 Å². The maximum absolute atomic E-state index is 13.1. The van der Waals surface area contributed by atoms with Crippen molar-refractivity contribution in [1.82, 2.24) is 10.3 Å². The zero-order chi connectivity index (χ0) is 20.8. The number of carbonyl (C=O) groups is 2. The third-order valence-electron chi connectivity index (χ3n) is 3.59. The Morgan fingerprint density at radius 2 is 1.76 bits per heavy atom. The average Bonchev–Trinajstić information content (AvgIpc) is 3.17. The van der Waals surface area contributed by atoms with Crippen molar-refractivity contribution in [3.63, 3.8) is 0 Å². The first-order valence-corrected chi connectivity index (χ1v) is 9.25. The molecule has 0 fully saturated rings. The highest BCUT2D eigenvalue weighted by Gasteiger charge is 2.11. The maximum atomic E-state index is 13.1. The number of hydrogen-bond acceptors (Lipinski definition) is 5. The average molecular weight is 421 g/mol. The number of thioether (sulfide) groups is 1. The fourth-order valence-corrected chi connectivity index (χ4v) is 2.84. The van der Waals surface area contributed by atoms with E-state index in [2.05, 4.69) is 15.6 Å². The highest BCUT2D eigenvalue weighted by molar-refractivity contribution is 7.99. The van der Waals surface area contributed by atoms with Crippen LogP contribution in [0, 0.1) is 17.5 Å². The molecule has 2 aromatic carbocycles. The predicted molar refractivity (Wildman–Crippen MR) is 101 cm³/mol. The molecule has 0 unspecified atom stereocenters. The molecule has 0 atom stereocenters. The molecule has 0 radical (unpaired) electrons. The Morgan fingerprint density at radius 1 is 1.00 bits per heavy atom. The van der Waals surface area contributed by atoms with Crippen LogP contribution >= 0.6 is 11.8 Å². The van der Waals surface area contributed by atoms with Gasteiger partial charge in [-0.3, -0.25) is 9.59 Å². The number of anilines is 1. The van der Waals surface area contributed by atoms with Gasteiger partial charge in [-0.2, -0.15) is 0 Å². The highest BCUT2D eigenvalue weighted by atomic mass is 32.2. The molecule has 0 aliphatic rings. The molecule has 150 valence electrons. The van der Waals surface area contributed by atoms with E-state index in [-0.39, 0.29) is 29.0 Å². The molecule has 3 aromatic rings. The van der Waals surface area contributed by atoms with Crippen LogP contribution in [0.25, 0.3) is 11.3 Å². The van der Waals surface area contributed by atoms with Crippen molar-refractivity contribution >= 4 is 29.3 Å². The number of rotatable bonds is 7. The van der Waals surface area contributed by atoms with Gasteiger partial charge in [0, 0.05) is 17.3 Å². The van der Waals surface area contributed by atoms with Crippen molar-refractivity contribution in [3.8, 4) is 11.3 Å². The minimum absolute atomic E-state index is 0.0537. The number of halogens is 3. The molecule has 0 bridgehead atoms.